The van der Waals surface area contributed by atoms with Crippen molar-refractivity contribution in [3.63, 3.8) is 0 Å². The van der Waals surface area contributed by atoms with Crippen molar-refractivity contribution in [2.45, 2.75) is 26.4 Å². The van der Waals surface area contributed by atoms with Crippen LogP contribution in [0.15, 0.2) is 52.4 Å². The zero-order valence-corrected chi connectivity index (χ0v) is 15.4. The quantitative estimate of drug-likeness (QED) is 0.808. The standard InChI is InChI=1S/C19H20FNO3S/c1-12-18(13-5-7-14(20)8-6-13)16-10-9-15(21-25(22)23-4)11-17(16)24-19(12,2)3/h5-11,25H,1-4H3. The van der Waals surface area contributed by atoms with E-state index in [1.807, 2.05) is 26.8 Å². The minimum absolute atomic E-state index is 0.272. The molecule has 0 bridgehead atoms. The van der Waals surface area contributed by atoms with Gasteiger partial charge in [-0.05, 0) is 61.7 Å². The first-order valence-corrected chi connectivity index (χ1v) is 8.98. The molecule has 0 saturated carbocycles. The largest absolute Gasteiger partial charge is 0.483 e. The van der Waals surface area contributed by atoms with Crippen molar-refractivity contribution in [3.8, 4) is 5.75 Å². The third-order valence-electron chi connectivity index (χ3n) is 4.36. The van der Waals surface area contributed by atoms with Gasteiger partial charge < -0.3 is 4.74 Å². The molecule has 0 aliphatic carbocycles. The fraction of sp³-hybridized carbons (Fsp3) is 0.263. The van der Waals surface area contributed by atoms with E-state index in [2.05, 4.69) is 4.36 Å². The molecule has 3 rings (SSSR count). The maximum absolute atomic E-state index is 13.3. The van der Waals surface area contributed by atoms with E-state index in [9.17, 15) is 8.60 Å². The van der Waals surface area contributed by atoms with Gasteiger partial charge in [0.25, 0.3) is 0 Å². The van der Waals surface area contributed by atoms with Crippen LogP contribution in [0.3, 0.4) is 0 Å². The highest BCUT2D eigenvalue weighted by Crippen LogP contribution is 2.44. The molecule has 4 nitrogen and oxygen atoms in total. The Kier molecular flexibility index (Phi) is 4.67. The first-order valence-electron chi connectivity index (χ1n) is 7.85. The van der Waals surface area contributed by atoms with Gasteiger partial charge in [-0.15, -0.1) is 0 Å². The number of rotatable bonds is 3. The van der Waals surface area contributed by atoms with Crippen molar-refractivity contribution in [2.24, 2.45) is 4.36 Å². The number of nitrogens with zero attached hydrogens (tertiary/aromatic N) is 1. The summed E-state index contributed by atoms with van der Waals surface area (Å²) in [7, 11) is -0.747. The van der Waals surface area contributed by atoms with Gasteiger partial charge in [-0.25, -0.2) is 8.60 Å². The van der Waals surface area contributed by atoms with Crippen molar-refractivity contribution in [2.75, 3.05) is 7.11 Å². The van der Waals surface area contributed by atoms with Gasteiger partial charge in [-0.1, -0.05) is 12.1 Å². The molecule has 132 valence electrons. The van der Waals surface area contributed by atoms with E-state index in [0.29, 0.717) is 11.4 Å². The lowest BCUT2D eigenvalue weighted by Crippen LogP contribution is -2.33. The van der Waals surface area contributed by atoms with Crippen LogP contribution in [-0.2, 0) is 15.1 Å². The highest BCUT2D eigenvalue weighted by atomic mass is 32.2. The van der Waals surface area contributed by atoms with E-state index >= 15 is 0 Å². The molecule has 0 spiro atoms. The molecule has 6 heteroatoms. The molecule has 0 radical (unpaired) electrons. The third-order valence-corrected chi connectivity index (χ3v) is 5.07. The van der Waals surface area contributed by atoms with Crippen LogP contribution in [0.5, 0.6) is 5.75 Å². The van der Waals surface area contributed by atoms with Gasteiger partial charge >= 0.3 is 0 Å². The minimum Gasteiger partial charge on any atom is -0.483 e. The van der Waals surface area contributed by atoms with Gasteiger partial charge in [-0.3, -0.25) is 4.18 Å². The molecular weight excluding hydrogens is 341 g/mol. The van der Waals surface area contributed by atoms with Crippen molar-refractivity contribution >= 4 is 22.1 Å². The molecule has 25 heavy (non-hydrogen) atoms. The van der Waals surface area contributed by atoms with E-state index in [4.69, 9.17) is 8.92 Å². The highest BCUT2D eigenvalue weighted by molar-refractivity contribution is 7.69. The Balaban J connectivity index is 2.18. The summed E-state index contributed by atoms with van der Waals surface area (Å²) >= 11 is 0. The predicted molar refractivity (Wildman–Crippen MR) is 97.9 cm³/mol. The SMILES string of the molecule is CO[SH](=O)=Nc1ccc2c(c1)OC(C)(C)C(C)=C2c1ccc(F)cc1. The summed E-state index contributed by atoms with van der Waals surface area (Å²) in [4.78, 5) is 0. The molecule has 2 aromatic carbocycles. The average Bonchev–Trinajstić information content (AvgIpc) is 2.57. The summed E-state index contributed by atoms with van der Waals surface area (Å²) in [6.07, 6.45) is 0. The Morgan fingerprint density at radius 1 is 1.16 bits per heavy atom. The Hall–Kier alpha value is -2.18. The average molecular weight is 361 g/mol. The fourth-order valence-electron chi connectivity index (χ4n) is 2.84. The van der Waals surface area contributed by atoms with E-state index in [1.54, 1.807) is 24.3 Å². The van der Waals surface area contributed by atoms with Crippen molar-refractivity contribution in [3.05, 3.63) is 65.0 Å². The lowest BCUT2D eigenvalue weighted by atomic mass is 9.83. The lowest BCUT2D eigenvalue weighted by molar-refractivity contribution is 0.145. The van der Waals surface area contributed by atoms with Crippen LogP contribution in [0, 0.1) is 5.82 Å². The molecule has 1 unspecified atom stereocenters. The first-order chi connectivity index (χ1) is 11.8. The Bertz CT molecular complexity index is 926. The number of hydrogen-bond acceptors (Lipinski definition) is 4. The van der Waals surface area contributed by atoms with Crippen molar-refractivity contribution < 1.29 is 17.5 Å². The van der Waals surface area contributed by atoms with Crippen LogP contribution >= 0.6 is 0 Å². The number of hydrogen-bond donors (Lipinski definition) is 1. The van der Waals surface area contributed by atoms with Gasteiger partial charge in [0.2, 0.25) is 0 Å². The predicted octanol–water partition coefficient (Wildman–Crippen LogP) is 4.68. The summed E-state index contributed by atoms with van der Waals surface area (Å²) in [5, 5.41) is 0. The number of halogens is 1. The number of thiol groups is 1. The topological polar surface area (TPSA) is 47.9 Å². The van der Waals surface area contributed by atoms with Gasteiger partial charge in [-0.2, -0.15) is 4.36 Å². The van der Waals surface area contributed by atoms with Crippen LogP contribution in [0.1, 0.15) is 31.9 Å². The summed E-state index contributed by atoms with van der Waals surface area (Å²) in [5.41, 5.74) is 3.88. The zero-order chi connectivity index (χ0) is 18.2. The normalized spacial score (nSPS) is 17.2. The van der Waals surface area contributed by atoms with Crippen LogP contribution < -0.4 is 4.74 Å². The van der Waals surface area contributed by atoms with Gasteiger partial charge in [0.15, 0.2) is 10.9 Å². The Morgan fingerprint density at radius 2 is 1.84 bits per heavy atom. The monoisotopic (exact) mass is 361 g/mol. The third kappa shape index (κ3) is 3.45. The van der Waals surface area contributed by atoms with E-state index in [1.165, 1.54) is 19.2 Å². The summed E-state index contributed by atoms with van der Waals surface area (Å²) < 4.78 is 39.7. The Morgan fingerprint density at radius 3 is 2.48 bits per heavy atom. The van der Waals surface area contributed by atoms with E-state index in [0.717, 1.165) is 22.3 Å². The molecular formula is C19H20FNO3S. The maximum Gasteiger partial charge on any atom is 0.156 e. The fourth-order valence-corrected chi connectivity index (χ4v) is 3.24. The molecule has 1 aliphatic heterocycles. The zero-order valence-electron chi connectivity index (χ0n) is 14.5. The number of fused-ring (bicyclic) bond motifs is 1. The van der Waals surface area contributed by atoms with E-state index < -0.39 is 16.5 Å². The molecule has 0 saturated heterocycles. The summed E-state index contributed by atoms with van der Waals surface area (Å²) in [6, 6.07) is 11.8. The second kappa shape index (κ2) is 6.61. The second-order valence-electron chi connectivity index (χ2n) is 6.32. The molecule has 1 atom stereocenters. The molecule has 0 N–H and O–H groups in total. The highest BCUT2D eigenvalue weighted by Gasteiger charge is 2.33. The van der Waals surface area contributed by atoms with Crippen molar-refractivity contribution in [1.29, 1.82) is 0 Å². The smallest absolute Gasteiger partial charge is 0.156 e. The minimum atomic E-state index is -2.09. The molecule has 1 aliphatic rings. The molecule has 0 amide bonds. The summed E-state index contributed by atoms with van der Waals surface area (Å²) in [6.45, 7) is 5.98. The molecule has 1 heterocycles. The van der Waals surface area contributed by atoms with Crippen LogP contribution in [-0.4, -0.2) is 16.9 Å². The number of benzene rings is 2. The first kappa shape index (κ1) is 17.6. The molecule has 2 aromatic rings. The van der Waals surface area contributed by atoms with Gasteiger partial charge in [0.1, 0.15) is 17.2 Å². The number of ether oxygens (including phenoxy) is 1. The van der Waals surface area contributed by atoms with Crippen LogP contribution in [0.4, 0.5) is 10.1 Å². The van der Waals surface area contributed by atoms with E-state index in [-0.39, 0.29) is 5.82 Å². The van der Waals surface area contributed by atoms with Crippen LogP contribution in [0.2, 0.25) is 0 Å². The molecule has 0 fully saturated rings. The second-order valence-corrected chi connectivity index (χ2v) is 7.36. The van der Waals surface area contributed by atoms with Gasteiger partial charge in [0.05, 0.1) is 12.8 Å². The molecule has 0 aromatic heterocycles. The van der Waals surface area contributed by atoms with Crippen molar-refractivity contribution in [1.82, 2.24) is 0 Å². The van der Waals surface area contributed by atoms with Crippen LogP contribution in [0.25, 0.3) is 5.57 Å². The summed E-state index contributed by atoms with van der Waals surface area (Å²) in [5.74, 6) is 0.377. The Labute approximate surface area is 148 Å². The lowest BCUT2D eigenvalue weighted by Gasteiger charge is -2.36. The maximum atomic E-state index is 13.3. The van der Waals surface area contributed by atoms with Gasteiger partial charge in [0, 0.05) is 11.6 Å².